The average molecular weight is 349 g/mol. The molecule has 4 aromatic rings. The lowest BCUT2D eigenvalue weighted by Gasteiger charge is -2.04. The lowest BCUT2D eigenvalue weighted by Crippen LogP contribution is -2.14. The molecule has 0 aliphatic carbocycles. The van der Waals surface area contributed by atoms with Gasteiger partial charge in [-0.2, -0.15) is 0 Å². The van der Waals surface area contributed by atoms with Crippen molar-refractivity contribution >= 4 is 34.0 Å². The number of hydrogen-bond acceptors (Lipinski definition) is 3. The highest BCUT2D eigenvalue weighted by atomic mass is 35.5. The van der Waals surface area contributed by atoms with E-state index in [9.17, 15) is 4.79 Å². The van der Waals surface area contributed by atoms with E-state index in [-0.39, 0.29) is 11.7 Å². The van der Waals surface area contributed by atoms with Crippen molar-refractivity contribution < 1.29 is 4.79 Å². The molecule has 0 radical (unpaired) electrons. The quantitative estimate of drug-likeness (QED) is 0.599. The maximum atomic E-state index is 12.4. The summed E-state index contributed by atoms with van der Waals surface area (Å²) in [5.41, 5.74) is 1.48. The van der Waals surface area contributed by atoms with E-state index in [1.165, 1.54) is 11.0 Å². The van der Waals surface area contributed by atoms with Crippen LogP contribution in [-0.2, 0) is 0 Å². The summed E-state index contributed by atoms with van der Waals surface area (Å²) in [4.78, 5) is 16.5. The number of nitrogens with one attached hydrogen (secondary N) is 1. The number of carbonyl (C=O) groups excluding carboxylic acids is 1. The summed E-state index contributed by atoms with van der Waals surface area (Å²) in [6.45, 7) is 0. The van der Waals surface area contributed by atoms with Crippen LogP contribution in [0.5, 0.6) is 0 Å². The first-order valence-corrected chi connectivity index (χ1v) is 8.05. The lowest BCUT2D eigenvalue weighted by molar-refractivity contribution is 0.101. The van der Waals surface area contributed by atoms with Crippen LogP contribution in [0.2, 0.25) is 5.02 Å². The van der Waals surface area contributed by atoms with E-state index in [4.69, 9.17) is 11.6 Å². The zero-order valence-electron chi connectivity index (χ0n) is 13.1. The summed E-state index contributed by atoms with van der Waals surface area (Å²) in [7, 11) is 0. The van der Waals surface area contributed by atoms with Crippen LogP contribution >= 0.6 is 11.6 Å². The minimum atomic E-state index is -0.358. The molecule has 122 valence electrons. The van der Waals surface area contributed by atoms with E-state index in [2.05, 4.69) is 15.4 Å². The SMILES string of the molecule is O=C(Nc1ccc2ccccc2c1)c1ncn(-c2ccc(Cl)cc2)n1. The molecule has 0 atom stereocenters. The van der Waals surface area contributed by atoms with Crippen molar-refractivity contribution in [2.45, 2.75) is 0 Å². The number of halogens is 1. The summed E-state index contributed by atoms with van der Waals surface area (Å²) in [6, 6.07) is 20.8. The normalized spacial score (nSPS) is 10.8. The van der Waals surface area contributed by atoms with E-state index in [1.54, 1.807) is 12.1 Å². The van der Waals surface area contributed by atoms with Gasteiger partial charge in [0.2, 0.25) is 5.82 Å². The van der Waals surface area contributed by atoms with Crippen LogP contribution in [0.25, 0.3) is 16.5 Å². The number of nitrogens with zero attached hydrogens (tertiary/aromatic N) is 3. The molecular formula is C19H13ClN4O. The van der Waals surface area contributed by atoms with Gasteiger partial charge in [-0.15, -0.1) is 5.10 Å². The summed E-state index contributed by atoms with van der Waals surface area (Å²) >= 11 is 5.88. The second-order valence-corrected chi connectivity index (χ2v) is 5.94. The van der Waals surface area contributed by atoms with Crippen molar-refractivity contribution in [1.82, 2.24) is 14.8 Å². The van der Waals surface area contributed by atoms with Gasteiger partial charge in [0.05, 0.1) is 5.69 Å². The number of aromatic nitrogens is 3. The van der Waals surface area contributed by atoms with Gasteiger partial charge < -0.3 is 5.32 Å². The first kappa shape index (κ1) is 15.4. The van der Waals surface area contributed by atoms with Crippen molar-refractivity contribution in [3.05, 3.63) is 83.9 Å². The van der Waals surface area contributed by atoms with E-state index >= 15 is 0 Å². The van der Waals surface area contributed by atoms with Gasteiger partial charge in [0.15, 0.2) is 0 Å². The first-order valence-electron chi connectivity index (χ1n) is 7.67. The number of anilines is 1. The summed E-state index contributed by atoms with van der Waals surface area (Å²) < 4.78 is 1.53. The summed E-state index contributed by atoms with van der Waals surface area (Å²) in [5, 5.41) is 9.85. The predicted octanol–water partition coefficient (Wildman–Crippen LogP) is 4.33. The topological polar surface area (TPSA) is 59.8 Å². The molecule has 1 amide bonds. The van der Waals surface area contributed by atoms with Crippen LogP contribution in [0, 0.1) is 0 Å². The molecule has 0 saturated carbocycles. The van der Waals surface area contributed by atoms with Crippen LogP contribution in [0.1, 0.15) is 10.6 Å². The Morgan fingerprint density at radius 2 is 1.72 bits per heavy atom. The molecule has 1 aromatic heterocycles. The lowest BCUT2D eigenvalue weighted by atomic mass is 10.1. The maximum absolute atomic E-state index is 12.4. The van der Waals surface area contributed by atoms with Crippen molar-refractivity contribution in [3.63, 3.8) is 0 Å². The highest BCUT2D eigenvalue weighted by Gasteiger charge is 2.12. The average Bonchev–Trinajstić information content (AvgIpc) is 3.12. The maximum Gasteiger partial charge on any atom is 0.295 e. The third kappa shape index (κ3) is 3.22. The van der Waals surface area contributed by atoms with Gasteiger partial charge >= 0.3 is 0 Å². The fraction of sp³-hybridized carbons (Fsp3) is 0. The van der Waals surface area contributed by atoms with Gasteiger partial charge in [0.25, 0.3) is 5.91 Å². The van der Waals surface area contributed by atoms with Crippen molar-refractivity contribution in [2.75, 3.05) is 5.32 Å². The van der Waals surface area contributed by atoms with E-state index in [1.807, 2.05) is 54.6 Å². The van der Waals surface area contributed by atoms with E-state index in [0.717, 1.165) is 16.5 Å². The first-order chi connectivity index (χ1) is 12.2. The second kappa shape index (κ2) is 6.37. The fourth-order valence-electron chi connectivity index (χ4n) is 2.54. The smallest absolute Gasteiger partial charge is 0.295 e. The molecule has 4 rings (SSSR count). The largest absolute Gasteiger partial charge is 0.319 e. The standard InChI is InChI=1S/C19H13ClN4O/c20-15-6-9-17(10-7-15)24-12-21-18(23-24)19(25)22-16-8-5-13-3-1-2-4-14(13)11-16/h1-12H,(H,22,25). The predicted molar refractivity (Wildman–Crippen MR) is 98.3 cm³/mol. The fourth-order valence-corrected chi connectivity index (χ4v) is 2.67. The minimum absolute atomic E-state index is 0.100. The second-order valence-electron chi connectivity index (χ2n) is 5.51. The minimum Gasteiger partial charge on any atom is -0.319 e. The molecule has 1 heterocycles. The molecule has 0 aliphatic rings. The zero-order valence-corrected chi connectivity index (χ0v) is 13.8. The molecule has 3 aromatic carbocycles. The van der Waals surface area contributed by atoms with Crippen molar-refractivity contribution in [3.8, 4) is 5.69 Å². The molecule has 0 bridgehead atoms. The molecule has 0 saturated heterocycles. The van der Waals surface area contributed by atoms with Crippen LogP contribution in [0.3, 0.4) is 0 Å². The van der Waals surface area contributed by atoms with E-state index < -0.39 is 0 Å². The van der Waals surface area contributed by atoms with Gasteiger partial charge in [-0.3, -0.25) is 4.79 Å². The highest BCUT2D eigenvalue weighted by Crippen LogP contribution is 2.19. The number of carbonyl (C=O) groups is 1. The monoisotopic (exact) mass is 348 g/mol. The van der Waals surface area contributed by atoms with Crippen LogP contribution in [0.4, 0.5) is 5.69 Å². The van der Waals surface area contributed by atoms with Gasteiger partial charge in [-0.1, -0.05) is 41.9 Å². The summed E-state index contributed by atoms with van der Waals surface area (Å²) in [6.07, 6.45) is 1.50. The zero-order chi connectivity index (χ0) is 17.2. The van der Waals surface area contributed by atoms with Crippen LogP contribution < -0.4 is 5.32 Å². The molecular weight excluding hydrogens is 336 g/mol. The Labute approximate surface area is 148 Å². The van der Waals surface area contributed by atoms with Crippen molar-refractivity contribution in [2.24, 2.45) is 0 Å². The number of benzene rings is 3. The number of amides is 1. The molecule has 0 fully saturated rings. The molecule has 0 unspecified atom stereocenters. The number of hydrogen-bond donors (Lipinski definition) is 1. The number of rotatable bonds is 3. The Balaban J connectivity index is 1.55. The summed E-state index contributed by atoms with van der Waals surface area (Å²) in [5.74, 6) is -0.258. The molecule has 0 spiro atoms. The molecule has 25 heavy (non-hydrogen) atoms. The Hall–Kier alpha value is -3.18. The highest BCUT2D eigenvalue weighted by molar-refractivity contribution is 6.30. The Morgan fingerprint density at radius 3 is 2.52 bits per heavy atom. The van der Waals surface area contributed by atoms with Gasteiger partial charge in [-0.05, 0) is 47.2 Å². The van der Waals surface area contributed by atoms with Gasteiger partial charge in [0.1, 0.15) is 6.33 Å². The van der Waals surface area contributed by atoms with E-state index in [0.29, 0.717) is 10.7 Å². The van der Waals surface area contributed by atoms with Crippen LogP contribution in [-0.4, -0.2) is 20.7 Å². The van der Waals surface area contributed by atoms with Gasteiger partial charge in [-0.25, -0.2) is 9.67 Å². The Morgan fingerprint density at radius 1 is 0.960 bits per heavy atom. The third-order valence-corrected chi connectivity index (χ3v) is 4.05. The Kier molecular flexibility index (Phi) is 3.91. The third-order valence-electron chi connectivity index (χ3n) is 3.79. The molecule has 6 heteroatoms. The van der Waals surface area contributed by atoms with Crippen LogP contribution in [0.15, 0.2) is 73.1 Å². The molecule has 1 N–H and O–H groups in total. The molecule has 0 aliphatic heterocycles. The molecule has 5 nitrogen and oxygen atoms in total. The number of fused-ring (bicyclic) bond motifs is 1. The Bertz CT molecular complexity index is 1060. The van der Waals surface area contributed by atoms with Gasteiger partial charge in [0, 0.05) is 10.7 Å². The van der Waals surface area contributed by atoms with Crippen molar-refractivity contribution in [1.29, 1.82) is 0 Å².